The van der Waals surface area contributed by atoms with Crippen molar-refractivity contribution in [3.05, 3.63) is 23.9 Å². The molecule has 2 rings (SSSR count). The second-order valence-corrected chi connectivity index (χ2v) is 5.89. The molecule has 1 heterocycles. The Hall–Kier alpha value is -1.78. The number of carbonyl (C=O) groups is 1. The van der Waals surface area contributed by atoms with Crippen molar-refractivity contribution in [2.75, 3.05) is 13.1 Å². The predicted molar refractivity (Wildman–Crippen MR) is 87.1 cm³/mol. The molecule has 1 fully saturated rings. The van der Waals surface area contributed by atoms with Gasteiger partial charge in [-0.25, -0.2) is 9.78 Å². The van der Waals surface area contributed by atoms with Gasteiger partial charge in [-0.05, 0) is 52.0 Å². The topological polar surface area (TPSA) is 54.5 Å². The number of urea groups is 1. The van der Waals surface area contributed by atoms with Crippen LogP contribution in [0.15, 0.2) is 18.3 Å². The molecule has 1 aliphatic carbocycles. The number of ether oxygens (including phenoxy) is 1. The summed E-state index contributed by atoms with van der Waals surface area (Å²) in [5.41, 5.74) is 1.13. The zero-order chi connectivity index (χ0) is 15.9. The van der Waals surface area contributed by atoms with E-state index in [0.29, 0.717) is 5.88 Å². The minimum atomic E-state index is 0.0505. The molecule has 22 heavy (non-hydrogen) atoms. The van der Waals surface area contributed by atoms with Gasteiger partial charge in [0.05, 0.1) is 0 Å². The van der Waals surface area contributed by atoms with Crippen LogP contribution in [0.2, 0.25) is 0 Å². The first kappa shape index (κ1) is 16.6. The molecule has 2 amide bonds. The Morgan fingerprint density at radius 3 is 2.50 bits per heavy atom. The molecule has 122 valence electrons. The maximum absolute atomic E-state index is 12.1. The lowest BCUT2D eigenvalue weighted by atomic mass is 9.93. The lowest BCUT2D eigenvalue weighted by molar-refractivity contribution is 0.131. The van der Waals surface area contributed by atoms with Crippen LogP contribution in [0.5, 0.6) is 5.88 Å². The van der Waals surface area contributed by atoms with Crippen LogP contribution in [0.3, 0.4) is 0 Å². The normalized spacial score (nSPS) is 21.2. The van der Waals surface area contributed by atoms with Gasteiger partial charge in [-0.2, -0.15) is 0 Å². The fourth-order valence-corrected chi connectivity index (χ4v) is 2.80. The van der Waals surface area contributed by atoms with Crippen LogP contribution in [-0.4, -0.2) is 41.2 Å². The summed E-state index contributed by atoms with van der Waals surface area (Å²) in [5, 5.41) is 3.13. The van der Waals surface area contributed by atoms with Crippen LogP contribution in [0.25, 0.3) is 0 Å². The van der Waals surface area contributed by atoms with Crippen molar-refractivity contribution < 1.29 is 9.53 Å². The Balaban J connectivity index is 1.75. The van der Waals surface area contributed by atoms with Gasteiger partial charge in [0.15, 0.2) is 0 Å². The third kappa shape index (κ3) is 4.61. The third-order valence-electron chi connectivity index (χ3n) is 4.22. The Morgan fingerprint density at radius 2 is 1.95 bits per heavy atom. The number of aryl methyl sites for hydroxylation is 1. The molecular formula is C17H27N3O2. The van der Waals surface area contributed by atoms with Gasteiger partial charge in [0.1, 0.15) is 6.10 Å². The Labute approximate surface area is 133 Å². The summed E-state index contributed by atoms with van der Waals surface area (Å²) >= 11 is 0. The standard InChI is InChI=1S/C17H27N3O2/c1-4-20(5-2)17(21)19-14-7-9-15(10-8-14)22-16-11-6-13(3)12-18-16/h6,11-12,14-15H,4-5,7-10H2,1-3H3,(H,19,21). The lowest BCUT2D eigenvalue weighted by Gasteiger charge is -2.31. The fraction of sp³-hybridized carbons (Fsp3) is 0.647. The number of nitrogens with one attached hydrogen (secondary N) is 1. The summed E-state index contributed by atoms with van der Waals surface area (Å²) in [4.78, 5) is 18.2. The van der Waals surface area contributed by atoms with Crippen molar-refractivity contribution in [2.45, 2.75) is 58.6 Å². The number of hydrogen-bond donors (Lipinski definition) is 1. The molecule has 0 spiro atoms. The van der Waals surface area contributed by atoms with E-state index in [4.69, 9.17) is 4.74 Å². The molecule has 0 bridgehead atoms. The van der Waals surface area contributed by atoms with E-state index in [0.717, 1.165) is 44.3 Å². The first-order valence-corrected chi connectivity index (χ1v) is 8.27. The Morgan fingerprint density at radius 1 is 1.27 bits per heavy atom. The molecule has 0 unspecified atom stereocenters. The van der Waals surface area contributed by atoms with Gasteiger partial charge in [-0.3, -0.25) is 0 Å². The molecule has 0 aromatic carbocycles. The number of amides is 2. The Kier molecular flexibility index (Phi) is 6.04. The van der Waals surface area contributed by atoms with E-state index in [9.17, 15) is 4.79 Å². The molecule has 0 aliphatic heterocycles. The summed E-state index contributed by atoms with van der Waals surface area (Å²) in [7, 11) is 0. The zero-order valence-electron chi connectivity index (χ0n) is 13.8. The average Bonchev–Trinajstić information content (AvgIpc) is 2.53. The second-order valence-electron chi connectivity index (χ2n) is 5.89. The summed E-state index contributed by atoms with van der Waals surface area (Å²) in [6.45, 7) is 7.52. The van der Waals surface area contributed by atoms with Gasteiger partial charge < -0.3 is 15.0 Å². The molecule has 0 saturated heterocycles. The largest absolute Gasteiger partial charge is 0.474 e. The van der Waals surface area contributed by atoms with Crippen molar-refractivity contribution in [3.63, 3.8) is 0 Å². The van der Waals surface area contributed by atoms with Gasteiger partial charge in [0.25, 0.3) is 0 Å². The first-order chi connectivity index (χ1) is 10.6. The molecule has 0 radical (unpaired) electrons. The van der Waals surface area contributed by atoms with Crippen molar-refractivity contribution in [1.82, 2.24) is 15.2 Å². The monoisotopic (exact) mass is 305 g/mol. The highest BCUT2D eigenvalue weighted by molar-refractivity contribution is 5.74. The number of hydrogen-bond acceptors (Lipinski definition) is 3. The predicted octanol–water partition coefficient (Wildman–Crippen LogP) is 3.13. The number of rotatable bonds is 5. The molecular weight excluding hydrogens is 278 g/mol. The molecule has 1 aromatic rings. The van der Waals surface area contributed by atoms with Crippen LogP contribution in [0.4, 0.5) is 4.79 Å². The Bertz CT molecular complexity index is 463. The highest BCUT2D eigenvalue weighted by atomic mass is 16.5. The van der Waals surface area contributed by atoms with Crippen LogP contribution in [-0.2, 0) is 0 Å². The van der Waals surface area contributed by atoms with E-state index in [2.05, 4.69) is 10.3 Å². The summed E-state index contributed by atoms with van der Waals surface area (Å²) in [6, 6.07) is 4.25. The fourth-order valence-electron chi connectivity index (χ4n) is 2.80. The minimum absolute atomic E-state index is 0.0505. The maximum atomic E-state index is 12.1. The summed E-state index contributed by atoms with van der Waals surface area (Å²) < 4.78 is 5.92. The van der Waals surface area contributed by atoms with E-state index in [-0.39, 0.29) is 18.2 Å². The van der Waals surface area contributed by atoms with Crippen LogP contribution in [0.1, 0.15) is 45.1 Å². The van der Waals surface area contributed by atoms with Crippen molar-refractivity contribution in [3.8, 4) is 5.88 Å². The lowest BCUT2D eigenvalue weighted by Crippen LogP contribution is -2.46. The van der Waals surface area contributed by atoms with E-state index in [1.54, 1.807) is 0 Å². The average molecular weight is 305 g/mol. The second kappa shape index (κ2) is 8.01. The number of carbonyl (C=O) groups excluding carboxylic acids is 1. The quantitative estimate of drug-likeness (QED) is 0.909. The molecule has 1 aromatic heterocycles. The van der Waals surface area contributed by atoms with Gasteiger partial charge in [-0.1, -0.05) is 6.07 Å². The van der Waals surface area contributed by atoms with Crippen LogP contribution >= 0.6 is 0 Å². The number of pyridine rings is 1. The first-order valence-electron chi connectivity index (χ1n) is 8.27. The minimum Gasteiger partial charge on any atom is -0.474 e. The zero-order valence-corrected chi connectivity index (χ0v) is 13.8. The number of aromatic nitrogens is 1. The molecule has 5 heteroatoms. The van der Waals surface area contributed by atoms with Crippen LogP contribution < -0.4 is 10.1 Å². The van der Waals surface area contributed by atoms with Crippen molar-refractivity contribution in [2.24, 2.45) is 0 Å². The van der Waals surface area contributed by atoms with Crippen molar-refractivity contribution in [1.29, 1.82) is 0 Å². The van der Waals surface area contributed by atoms with Gasteiger partial charge >= 0.3 is 6.03 Å². The van der Waals surface area contributed by atoms with Gasteiger partial charge in [0.2, 0.25) is 5.88 Å². The van der Waals surface area contributed by atoms with Gasteiger partial charge in [0, 0.05) is 31.4 Å². The summed E-state index contributed by atoms with van der Waals surface area (Å²) in [5.74, 6) is 0.696. The van der Waals surface area contributed by atoms with Crippen molar-refractivity contribution >= 4 is 6.03 Å². The highest BCUT2D eigenvalue weighted by Gasteiger charge is 2.24. The molecule has 1 aliphatic rings. The third-order valence-corrected chi connectivity index (χ3v) is 4.22. The molecule has 1 N–H and O–H groups in total. The maximum Gasteiger partial charge on any atom is 0.317 e. The van der Waals surface area contributed by atoms with E-state index in [1.807, 2.05) is 44.0 Å². The van der Waals surface area contributed by atoms with E-state index >= 15 is 0 Å². The molecule has 5 nitrogen and oxygen atoms in total. The smallest absolute Gasteiger partial charge is 0.317 e. The molecule has 0 atom stereocenters. The van der Waals surface area contributed by atoms with Gasteiger partial charge in [-0.15, -0.1) is 0 Å². The summed E-state index contributed by atoms with van der Waals surface area (Å²) in [6.07, 6.45) is 5.87. The van der Waals surface area contributed by atoms with E-state index < -0.39 is 0 Å². The van der Waals surface area contributed by atoms with E-state index in [1.165, 1.54) is 0 Å². The van der Waals surface area contributed by atoms with Crippen LogP contribution in [0, 0.1) is 6.92 Å². The highest BCUT2D eigenvalue weighted by Crippen LogP contribution is 2.23. The SMILES string of the molecule is CCN(CC)C(=O)NC1CCC(Oc2ccc(C)cn2)CC1. The number of nitrogens with zero attached hydrogens (tertiary/aromatic N) is 2. The molecule has 1 saturated carbocycles.